The van der Waals surface area contributed by atoms with Gasteiger partial charge in [0.15, 0.2) is 0 Å². The monoisotopic (exact) mass is 165 g/mol. The van der Waals surface area contributed by atoms with Crippen molar-refractivity contribution < 1.29 is 4.92 Å². The fourth-order valence-corrected chi connectivity index (χ4v) is 1.35. The zero-order chi connectivity index (χ0) is 8.55. The molecule has 0 spiro atoms. The van der Waals surface area contributed by atoms with Crippen LogP contribution in [-0.2, 0) is 0 Å². The van der Waals surface area contributed by atoms with Crippen molar-refractivity contribution in [3.8, 4) is 0 Å². The Hall–Kier alpha value is -1.65. The zero-order valence-electron chi connectivity index (χ0n) is 6.23. The Kier molecular flexibility index (Phi) is 1.43. The molecular formula is C7H7N3O2. The molecule has 12 heavy (non-hydrogen) atoms. The summed E-state index contributed by atoms with van der Waals surface area (Å²) in [6.45, 7) is 0. The van der Waals surface area contributed by atoms with E-state index in [2.05, 4.69) is 10.2 Å². The van der Waals surface area contributed by atoms with Gasteiger partial charge in [0.05, 0.1) is 17.5 Å². The Bertz CT molecular complexity index is 342. The molecule has 1 aliphatic rings. The minimum absolute atomic E-state index is 0.280. The second-order valence-electron chi connectivity index (χ2n) is 2.68. The van der Waals surface area contributed by atoms with Gasteiger partial charge in [0.1, 0.15) is 0 Å². The predicted octanol–water partition coefficient (Wildman–Crippen LogP) is 1.14. The third-order valence-corrected chi connectivity index (χ3v) is 1.96. The van der Waals surface area contributed by atoms with E-state index >= 15 is 0 Å². The lowest BCUT2D eigenvalue weighted by Gasteiger charge is -2.09. The first-order valence-electron chi connectivity index (χ1n) is 3.62. The second kappa shape index (κ2) is 2.44. The number of hydrogen-bond donors (Lipinski definition) is 1. The third kappa shape index (κ3) is 0.903. The van der Waals surface area contributed by atoms with Gasteiger partial charge in [0.2, 0.25) is 6.04 Å². The van der Waals surface area contributed by atoms with Crippen LogP contribution in [0.5, 0.6) is 0 Å². The van der Waals surface area contributed by atoms with Gasteiger partial charge in [-0.3, -0.25) is 15.2 Å². The van der Waals surface area contributed by atoms with Gasteiger partial charge in [-0.05, 0) is 6.08 Å². The fraction of sp³-hybridized carbons (Fsp3) is 0.286. The van der Waals surface area contributed by atoms with E-state index in [1.165, 1.54) is 6.20 Å². The molecule has 0 bridgehead atoms. The largest absolute Gasteiger partial charge is 0.278 e. The van der Waals surface area contributed by atoms with Gasteiger partial charge < -0.3 is 0 Å². The molecule has 0 saturated carbocycles. The summed E-state index contributed by atoms with van der Waals surface area (Å²) in [5, 5.41) is 17.0. The van der Waals surface area contributed by atoms with Crippen molar-refractivity contribution >= 4 is 6.08 Å². The van der Waals surface area contributed by atoms with E-state index in [0.717, 1.165) is 5.69 Å². The summed E-state index contributed by atoms with van der Waals surface area (Å²) in [6, 6.07) is -0.622. The van der Waals surface area contributed by atoms with Crippen molar-refractivity contribution in [3.63, 3.8) is 0 Å². The Morgan fingerprint density at radius 2 is 2.58 bits per heavy atom. The van der Waals surface area contributed by atoms with Crippen molar-refractivity contribution in [2.45, 2.75) is 12.5 Å². The van der Waals surface area contributed by atoms with Crippen molar-refractivity contribution in [1.29, 1.82) is 0 Å². The highest BCUT2D eigenvalue weighted by molar-refractivity contribution is 5.52. The summed E-state index contributed by atoms with van der Waals surface area (Å²) in [7, 11) is 0. The molecule has 1 heterocycles. The Morgan fingerprint density at radius 1 is 1.75 bits per heavy atom. The number of fused-ring (bicyclic) bond motifs is 1. The second-order valence-corrected chi connectivity index (χ2v) is 2.68. The molecule has 62 valence electrons. The number of hydrogen-bond acceptors (Lipinski definition) is 3. The van der Waals surface area contributed by atoms with Crippen LogP contribution in [0.25, 0.3) is 6.08 Å². The summed E-state index contributed by atoms with van der Waals surface area (Å²) in [4.78, 5) is 10.3. The topological polar surface area (TPSA) is 71.8 Å². The fourth-order valence-electron chi connectivity index (χ4n) is 1.35. The molecule has 1 aliphatic carbocycles. The summed E-state index contributed by atoms with van der Waals surface area (Å²) < 4.78 is 0. The zero-order valence-corrected chi connectivity index (χ0v) is 6.23. The van der Waals surface area contributed by atoms with E-state index in [1.54, 1.807) is 6.08 Å². The molecular weight excluding hydrogens is 158 g/mol. The van der Waals surface area contributed by atoms with Crippen LogP contribution in [0.15, 0.2) is 12.3 Å². The lowest BCUT2D eigenvalue weighted by Crippen LogP contribution is -2.11. The van der Waals surface area contributed by atoms with E-state index in [1.807, 2.05) is 6.08 Å². The van der Waals surface area contributed by atoms with Crippen LogP contribution in [-0.4, -0.2) is 15.1 Å². The van der Waals surface area contributed by atoms with Gasteiger partial charge >= 0.3 is 0 Å². The highest BCUT2D eigenvalue weighted by atomic mass is 16.6. The average molecular weight is 165 g/mol. The first kappa shape index (κ1) is 7.02. The summed E-state index contributed by atoms with van der Waals surface area (Å²) >= 11 is 0. The van der Waals surface area contributed by atoms with Crippen molar-refractivity contribution in [1.82, 2.24) is 10.2 Å². The van der Waals surface area contributed by atoms with E-state index in [0.29, 0.717) is 12.0 Å². The lowest BCUT2D eigenvalue weighted by atomic mass is 10.00. The summed E-state index contributed by atoms with van der Waals surface area (Å²) in [5.41, 5.74) is 1.44. The molecule has 5 heteroatoms. The van der Waals surface area contributed by atoms with Gasteiger partial charge in [-0.15, -0.1) is 0 Å². The first-order valence-corrected chi connectivity index (χ1v) is 3.62. The minimum atomic E-state index is -0.622. The van der Waals surface area contributed by atoms with Crippen LogP contribution in [0.4, 0.5) is 0 Å². The van der Waals surface area contributed by atoms with Crippen molar-refractivity contribution in [2.24, 2.45) is 0 Å². The predicted molar refractivity (Wildman–Crippen MR) is 42.0 cm³/mol. The maximum absolute atomic E-state index is 10.5. The maximum Gasteiger partial charge on any atom is 0.245 e. The highest BCUT2D eigenvalue weighted by Crippen LogP contribution is 2.27. The summed E-state index contributed by atoms with van der Waals surface area (Å²) in [5.74, 6) is 0. The van der Waals surface area contributed by atoms with Gasteiger partial charge in [-0.2, -0.15) is 5.10 Å². The molecule has 0 aromatic carbocycles. The molecule has 1 aromatic heterocycles. The van der Waals surface area contributed by atoms with Crippen LogP contribution in [0.2, 0.25) is 0 Å². The van der Waals surface area contributed by atoms with Crippen molar-refractivity contribution in [3.05, 3.63) is 33.6 Å². The number of nitrogens with zero attached hydrogens (tertiary/aromatic N) is 2. The highest BCUT2D eigenvalue weighted by Gasteiger charge is 2.27. The van der Waals surface area contributed by atoms with Gasteiger partial charge in [0, 0.05) is 11.3 Å². The van der Waals surface area contributed by atoms with E-state index in [9.17, 15) is 10.1 Å². The van der Waals surface area contributed by atoms with Crippen LogP contribution < -0.4 is 0 Å². The van der Waals surface area contributed by atoms with E-state index in [4.69, 9.17) is 0 Å². The van der Waals surface area contributed by atoms with Crippen LogP contribution in [0.3, 0.4) is 0 Å². The summed E-state index contributed by atoms with van der Waals surface area (Å²) in [6.07, 6.45) is 5.59. The van der Waals surface area contributed by atoms with Gasteiger partial charge in [0.25, 0.3) is 0 Å². The molecule has 5 nitrogen and oxygen atoms in total. The molecule has 0 fully saturated rings. The molecule has 1 aromatic rings. The molecule has 0 amide bonds. The Balaban J connectivity index is 2.45. The number of nitro groups is 1. The van der Waals surface area contributed by atoms with Gasteiger partial charge in [-0.1, -0.05) is 6.08 Å². The third-order valence-electron chi connectivity index (χ3n) is 1.96. The average Bonchev–Trinajstić information content (AvgIpc) is 2.49. The maximum atomic E-state index is 10.5. The Labute approximate surface area is 68.2 Å². The molecule has 1 unspecified atom stereocenters. The van der Waals surface area contributed by atoms with Gasteiger partial charge in [-0.25, -0.2) is 0 Å². The number of aromatic nitrogens is 2. The number of rotatable bonds is 1. The Morgan fingerprint density at radius 3 is 3.33 bits per heavy atom. The molecule has 2 rings (SSSR count). The molecule has 0 radical (unpaired) electrons. The standard InChI is InChI=1S/C7H7N3O2/c11-10(12)7-3-1-2-6-5(7)4-8-9-6/h1-2,4,7H,3H2,(H,8,9). The number of nitrogens with one attached hydrogen (secondary N) is 1. The van der Waals surface area contributed by atoms with E-state index < -0.39 is 6.04 Å². The molecule has 0 saturated heterocycles. The number of H-pyrrole nitrogens is 1. The molecule has 1 N–H and O–H groups in total. The van der Waals surface area contributed by atoms with Crippen LogP contribution >= 0.6 is 0 Å². The van der Waals surface area contributed by atoms with Crippen molar-refractivity contribution in [2.75, 3.05) is 0 Å². The molecule has 0 aliphatic heterocycles. The van der Waals surface area contributed by atoms with Crippen LogP contribution in [0, 0.1) is 10.1 Å². The quantitative estimate of drug-likeness (QED) is 0.501. The first-order chi connectivity index (χ1) is 5.79. The lowest BCUT2D eigenvalue weighted by molar-refractivity contribution is -0.528. The normalized spacial score (nSPS) is 20.5. The number of aromatic amines is 1. The van der Waals surface area contributed by atoms with Crippen LogP contribution in [0.1, 0.15) is 23.7 Å². The van der Waals surface area contributed by atoms with E-state index in [-0.39, 0.29) is 4.92 Å². The smallest absolute Gasteiger partial charge is 0.245 e. The molecule has 1 atom stereocenters. The minimum Gasteiger partial charge on any atom is -0.278 e. The SMILES string of the molecule is O=[N+]([O-])C1CC=Cc2[nH]ncc21.